The number of ether oxygens (including phenoxy) is 1. The molecule has 0 aliphatic heterocycles. The average molecular weight is 317 g/mol. The van der Waals surface area contributed by atoms with E-state index in [1.807, 2.05) is 0 Å². The van der Waals surface area contributed by atoms with Gasteiger partial charge >= 0.3 is 5.97 Å². The second-order valence-electron chi connectivity index (χ2n) is 3.24. The van der Waals surface area contributed by atoms with Gasteiger partial charge in [0.1, 0.15) is 11.6 Å². The first-order valence-corrected chi connectivity index (χ1v) is 5.82. The topological polar surface area (TPSA) is 63.6 Å². The van der Waals surface area contributed by atoms with Gasteiger partial charge in [0, 0.05) is 11.6 Å². The second-order valence-corrected chi connectivity index (χ2v) is 4.10. The molecule has 96 valence electrons. The number of hydrogen-bond acceptors (Lipinski definition) is 4. The van der Waals surface area contributed by atoms with E-state index in [0.29, 0.717) is 0 Å². The van der Waals surface area contributed by atoms with Crippen molar-refractivity contribution in [1.29, 1.82) is 0 Å². The number of halogens is 2. The standard InChI is InChI=1S/C12H10BrFO4/c1-2-18-12(17)11(16)6-10(15)7-3-4-9(14)8(13)5-7/h3-6,15H,2H2,1H3. The van der Waals surface area contributed by atoms with Crippen molar-refractivity contribution in [3.8, 4) is 0 Å². The number of benzene rings is 1. The molecular weight excluding hydrogens is 307 g/mol. The molecule has 0 saturated carbocycles. The highest BCUT2D eigenvalue weighted by molar-refractivity contribution is 9.10. The summed E-state index contributed by atoms with van der Waals surface area (Å²) in [5.41, 5.74) is 0.209. The summed E-state index contributed by atoms with van der Waals surface area (Å²) in [6.45, 7) is 1.63. The molecule has 0 spiro atoms. The summed E-state index contributed by atoms with van der Waals surface area (Å²) in [7, 11) is 0. The first kappa shape index (κ1) is 14.4. The van der Waals surface area contributed by atoms with Crippen LogP contribution in [0.25, 0.3) is 5.76 Å². The highest BCUT2D eigenvalue weighted by Crippen LogP contribution is 2.20. The third kappa shape index (κ3) is 3.66. The minimum atomic E-state index is -1.05. The SMILES string of the molecule is CCOC(=O)C(=O)C=C(O)c1ccc(F)c(Br)c1. The van der Waals surface area contributed by atoms with Crippen LogP contribution in [-0.4, -0.2) is 23.5 Å². The summed E-state index contributed by atoms with van der Waals surface area (Å²) in [6, 6.07) is 3.70. The van der Waals surface area contributed by atoms with E-state index in [0.717, 1.165) is 12.1 Å². The van der Waals surface area contributed by atoms with Crippen molar-refractivity contribution >= 4 is 33.4 Å². The number of ketones is 1. The van der Waals surface area contributed by atoms with E-state index in [1.165, 1.54) is 12.1 Å². The van der Waals surface area contributed by atoms with Gasteiger partial charge in [-0.3, -0.25) is 4.79 Å². The fourth-order valence-corrected chi connectivity index (χ4v) is 1.50. The smallest absolute Gasteiger partial charge is 0.379 e. The van der Waals surface area contributed by atoms with E-state index in [1.54, 1.807) is 6.92 Å². The van der Waals surface area contributed by atoms with Gasteiger partial charge < -0.3 is 9.84 Å². The first-order chi connectivity index (χ1) is 8.45. The molecule has 1 rings (SSSR count). The van der Waals surface area contributed by atoms with Crippen LogP contribution >= 0.6 is 15.9 Å². The maximum Gasteiger partial charge on any atom is 0.379 e. The molecule has 0 heterocycles. The van der Waals surface area contributed by atoms with Crippen LogP contribution in [0.15, 0.2) is 28.7 Å². The largest absolute Gasteiger partial charge is 0.507 e. The molecule has 0 aromatic heterocycles. The molecule has 0 radical (unpaired) electrons. The number of aliphatic hydroxyl groups is 1. The lowest BCUT2D eigenvalue weighted by Gasteiger charge is -2.02. The zero-order chi connectivity index (χ0) is 13.7. The molecular formula is C12H10BrFO4. The van der Waals surface area contributed by atoms with Crippen LogP contribution in [0, 0.1) is 5.82 Å². The molecule has 6 heteroatoms. The van der Waals surface area contributed by atoms with Gasteiger partial charge in [0.2, 0.25) is 0 Å². The molecule has 0 saturated heterocycles. The van der Waals surface area contributed by atoms with Crippen molar-refractivity contribution < 1.29 is 23.8 Å². The van der Waals surface area contributed by atoms with Crippen LogP contribution in [0.2, 0.25) is 0 Å². The molecule has 1 aromatic rings. The van der Waals surface area contributed by atoms with Crippen molar-refractivity contribution in [3.05, 3.63) is 40.1 Å². The number of hydrogen-bond donors (Lipinski definition) is 1. The number of aliphatic hydroxyl groups excluding tert-OH is 1. The highest BCUT2D eigenvalue weighted by atomic mass is 79.9. The summed E-state index contributed by atoms with van der Waals surface area (Å²) in [6.07, 6.45) is 0.734. The fraction of sp³-hybridized carbons (Fsp3) is 0.167. The molecule has 0 aliphatic carbocycles. The quantitative estimate of drug-likeness (QED) is 0.401. The monoisotopic (exact) mass is 316 g/mol. The zero-order valence-electron chi connectivity index (χ0n) is 9.44. The molecule has 0 aliphatic rings. The Morgan fingerprint density at radius 2 is 2.17 bits per heavy atom. The molecule has 18 heavy (non-hydrogen) atoms. The van der Waals surface area contributed by atoms with Gasteiger partial charge in [-0.25, -0.2) is 9.18 Å². The number of carbonyl (C=O) groups is 2. The molecule has 0 amide bonds. The van der Waals surface area contributed by atoms with Gasteiger partial charge in [-0.2, -0.15) is 0 Å². The molecule has 0 bridgehead atoms. The van der Waals surface area contributed by atoms with Crippen LogP contribution in [0.5, 0.6) is 0 Å². The summed E-state index contributed by atoms with van der Waals surface area (Å²) in [4.78, 5) is 22.3. The first-order valence-electron chi connectivity index (χ1n) is 5.03. The molecule has 0 unspecified atom stereocenters. The Labute approximate surface area is 111 Å². The Hall–Kier alpha value is -1.69. The summed E-state index contributed by atoms with van der Waals surface area (Å²) < 4.78 is 17.6. The van der Waals surface area contributed by atoms with Crippen LogP contribution < -0.4 is 0 Å². The second kappa shape index (κ2) is 6.30. The number of esters is 1. The van der Waals surface area contributed by atoms with Crippen LogP contribution in [0.1, 0.15) is 12.5 Å². The lowest BCUT2D eigenvalue weighted by molar-refractivity contribution is -0.151. The fourth-order valence-electron chi connectivity index (χ4n) is 1.12. The van der Waals surface area contributed by atoms with Gasteiger partial charge in [-0.1, -0.05) is 0 Å². The minimum Gasteiger partial charge on any atom is -0.507 e. The minimum absolute atomic E-state index is 0.0707. The van der Waals surface area contributed by atoms with Crippen molar-refractivity contribution in [2.24, 2.45) is 0 Å². The van der Waals surface area contributed by atoms with Crippen molar-refractivity contribution in [3.63, 3.8) is 0 Å². The normalized spacial score (nSPS) is 11.2. The molecule has 4 nitrogen and oxygen atoms in total. The molecule has 0 fully saturated rings. The van der Waals surface area contributed by atoms with Crippen LogP contribution in [0.3, 0.4) is 0 Å². The lowest BCUT2D eigenvalue weighted by Crippen LogP contribution is -2.15. The van der Waals surface area contributed by atoms with Gasteiger partial charge in [0.15, 0.2) is 0 Å². The number of rotatable bonds is 4. The van der Waals surface area contributed by atoms with Crippen LogP contribution in [-0.2, 0) is 14.3 Å². The van der Waals surface area contributed by atoms with Crippen molar-refractivity contribution in [2.45, 2.75) is 6.92 Å². The third-order valence-electron chi connectivity index (χ3n) is 1.96. The van der Waals surface area contributed by atoms with E-state index < -0.39 is 23.3 Å². The Kier molecular flexibility index (Phi) is 5.03. The van der Waals surface area contributed by atoms with Gasteiger partial charge in [0.05, 0.1) is 11.1 Å². The lowest BCUT2D eigenvalue weighted by atomic mass is 10.1. The predicted molar refractivity (Wildman–Crippen MR) is 66.3 cm³/mol. The van der Waals surface area contributed by atoms with E-state index >= 15 is 0 Å². The summed E-state index contributed by atoms with van der Waals surface area (Å²) in [5, 5.41) is 9.61. The van der Waals surface area contributed by atoms with E-state index in [2.05, 4.69) is 20.7 Å². The van der Waals surface area contributed by atoms with E-state index in [-0.39, 0.29) is 16.6 Å². The predicted octanol–water partition coefficient (Wildman–Crippen LogP) is 2.62. The van der Waals surface area contributed by atoms with Gasteiger partial charge in [-0.05, 0) is 41.1 Å². The zero-order valence-corrected chi connectivity index (χ0v) is 11.0. The number of carbonyl (C=O) groups excluding carboxylic acids is 2. The highest BCUT2D eigenvalue weighted by Gasteiger charge is 2.14. The molecule has 0 atom stereocenters. The third-order valence-corrected chi connectivity index (χ3v) is 2.57. The van der Waals surface area contributed by atoms with Crippen molar-refractivity contribution in [2.75, 3.05) is 6.61 Å². The Morgan fingerprint density at radius 1 is 1.50 bits per heavy atom. The Balaban J connectivity index is 2.92. The van der Waals surface area contributed by atoms with Crippen LogP contribution in [0.4, 0.5) is 4.39 Å². The average Bonchev–Trinajstić information content (AvgIpc) is 2.32. The van der Waals surface area contributed by atoms with E-state index in [4.69, 9.17) is 0 Å². The maximum absolute atomic E-state index is 13.0. The summed E-state index contributed by atoms with van der Waals surface area (Å²) >= 11 is 2.94. The Morgan fingerprint density at radius 3 is 2.72 bits per heavy atom. The van der Waals surface area contributed by atoms with E-state index in [9.17, 15) is 19.1 Å². The molecule has 1 N–H and O–H groups in total. The maximum atomic E-state index is 13.0. The Bertz CT molecular complexity index is 511. The van der Waals surface area contributed by atoms with Gasteiger partial charge in [-0.15, -0.1) is 0 Å². The summed E-state index contributed by atoms with van der Waals surface area (Å²) in [5.74, 6) is -2.96. The van der Waals surface area contributed by atoms with Crippen molar-refractivity contribution in [1.82, 2.24) is 0 Å². The molecule has 1 aromatic carbocycles. The van der Waals surface area contributed by atoms with Gasteiger partial charge in [0.25, 0.3) is 5.78 Å².